The van der Waals surface area contributed by atoms with Crippen LogP contribution in [0.1, 0.15) is 11.5 Å². The van der Waals surface area contributed by atoms with Gasteiger partial charge in [-0.3, -0.25) is 0 Å². The van der Waals surface area contributed by atoms with Gasteiger partial charge < -0.3 is 10.2 Å². The quantitative estimate of drug-likeness (QED) is 0.733. The third-order valence-corrected chi connectivity index (χ3v) is 1.78. The summed E-state index contributed by atoms with van der Waals surface area (Å²) in [5.74, 6) is 0.590. The molecule has 1 aromatic heterocycles. The van der Waals surface area contributed by atoms with Crippen LogP contribution in [-0.4, -0.2) is 4.98 Å². The lowest BCUT2D eigenvalue weighted by Crippen LogP contribution is -1.83. The predicted molar refractivity (Wildman–Crippen MR) is 56.3 cm³/mol. The summed E-state index contributed by atoms with van der Waals surface area (Å²) in [5.41, 5.74) is 7.41. The minimum Gasteiger partial charge on any atom is -0.445 e. The first-order valence-corrected chi connectivity index (χ1v) is 4.28. The number of rotatable bonds is 2. The van der Waals surface area contributed by atoms with E-state index in [0.717, 1.165) is 11.3 Å². The monoisotopic (exact) mass is 186 g/mol. The lowest BCUT2D eigenvalue weighted by molar-refractivity contribution is 0.547. The molecule has 0 aliphatic carbocycles. The van der Waals surface area contributed by atoms with Crippen LogP contribution in [0.4, 0.5) is 5.69 Å². The van der Waals surface area contributed by atoms with Crippen LogP contribution in [0.25, 0.3) is 12.2 Å². The number of hydrogen-bond donors (Lipinski definition) is 1. The third kappa shape index (κ3) is 2.01. The molecule has 0 radical (unpaired) electrons. The van der Waals surface area contributed by atoms with Crippen molar-refractivity contribution in [3.63, 3.8) is 0 Å². The average Bonchev–Trinajstić information content (AvgIpc) is 2.67. The van der Waals surface area contributed by atoms with Crippen LogP contribution in [0.3, 0.4) is 0 Å². The molecule has 0 aliphatic heterocycles. The highest BCUT2D eigenvalue weighted by molar-refractivity contribution is 5.67. The van der Waals surface area contributed by atoms with Crippen LogP contribution in [0.15, 0.2) is 41.1 Å². The van der Waals surface area contributed by atoms with Gasteiger partial charge in [-0.15, -0.1) is 0 Å². The number of benzene rings is 1. The van der Waals surface area contributed by atoms with Gasteiger partial charge in [0, 0.05) is 11.8 Å². The molecule has 1 heterocycles. The lowest BCUT2D eigenvalue weighted by atomic mass is 10.2. The van der Waals surface area contributed by atoms with Crippen molar-refractivity contribution in [1.82, 2.24) is 4.98 Å². The van der Waals surface area contributed by atoms with Crippen molar-refractivity contribution < 1.29 is 4.42 Å². The smallest absolute Gasteiger partial charge is 0.218 e. The maximum atomic E-state index is 5.63. The van der Waals surface area contributed by atoms with Crippen molar-refractivity contribution in [3.05, 3.63) is 48.2 Å². The zero-order chi connectivity index (χ0) is 9.80. The van der Waals surface area contributed by atoms with Gasteiger partial charge in [-0.1, -0.05) is 12.1 Å². The minimum absolute atomic E-state index is 0.590. The van der Waals surface area contributed by atoms with Crippen molar-refractivity contribution in [1.29, 1.82) is 0 Å². The number of nitrogens with zero attached hydrogens (tertiary/aromatic N) is 1. The molecule has 0 spiro atoms. The van der Waals surface area contributed by atoms with E-state index in [1.807, 2.05) is 30.3 Å². The standard InChI is InChI=1S/C11H10N2O/c12-10-3-1-2-9(8-10)4-5-11-13-6-7-14-11/h1-8H,12H2/b5-4+. The van der Waals surface area contributed by atoms with E-state index in [0.29, 0.717) is 5.89 Å². The molecular weight excluding hydrogens is 176 g/mol. The van der Waals surface area contributed by atoms with Gasteiger partial charge >= 0.3 is 0 Å². The van der Waals surface area contributed by atoms with E-state index in [1.165, 1.54) is 0 Å². The Morgan fingerprint density at radius 1 is 1.29 bits per heavy atom. The predicted octanol–water partition coefficient (Wildman–Crippen LogP) is 2.43. The molecule has 0 fully saturated rings. The first kappa shape index (κ1) is 8.56. The average molecular weight is 186 g/mol. The molecule has 0 saturated carbocycles. The molecule has 70 valence electrons. The highest BCUT2D eigenvalue weighted by Crippen LogP contribution is 2.10. The normalized spacial score (nSPS) is 10.9. The van der Waals surface area contributed by atoms with Crippen molar-refractivity contribution in [3.8, 4) is 0 Å². The Hall–Kier alpha value is -2.03. The molecular formula is C11H10N2O. The number of oxazole rings is 1. The lowest BCUT2D eigenvalue weighted by Gasteiger charge is -1.94. The largest absolute Gasteiger partial charge is 0.445 e. The Bertz CT molecular complexity index is 432. The van der Waals surface area contributed by atoms with Gasteiger partial charge in [0.2, 0.25) is 5.89 Å². The van der Waals surface area contributed by atoms with Crippen molar-refractivity contribution >= 4 is 17.8 Å². The zero-order valence-electron chi connectivity index (χ0n) is 7.55. The molecule has 2 N–H and O–H groups in total. The van der Waals surface area contributed by atoms with E-state index in [-0.39, 0.29) is 0 Å². The fourth-order valence-electron chi connectivity index (χ4n) is 1.15. The molecule has 0 atom stereocenters. The Morgan fingerprint density at radius 3 is 2.93 bits per heavy atom. The Labute approximate surface area is 81.9 Å². The van der Waals surface area contributed by atoms with Gasteiger partial charge in [-0.05, 0) is 23.8 Å². The van der Waals surface area contributed by atoms with Crippen LogP contribution in [0.2, 0.25) is 0 Å². The zero-order valence-corrected chi connectivity index (χ0v) is 7.55. The van der Waals surface area contributed by atoms with Gasteiger partial charge in [0.25, 0.3) is 0 Å². The fraction of sp³-hybridized carbons (Fsp3) is 0. The molecule has 2 aromatic rings. The highest BCUT2D eigenvalue weighted by Gasteiger charge is 1.90. The van der Waals surface area contributed by atoms with Crippen LogP contribution in [-0.2, 0) is 0 Å². The molecule has 3 nitrogen and oxygen atoms in total. The molecule has 0 saturated heterocycles. The summed E-state index contributed by atoms with van der Waals surface area (Å²) < 4.78 is 5.06. The Kier molecular flexibility index (Phi) is 2.32. The van der Waals surface area contributed by atoms with Gasteiger partial charge in [0.1, 0.15) is 6.26 Å². The van der Waals surface area contributed by atoms with Crippen molar-refractivity contribution in [2.45, 2.75) is 0 Å². The molecule has 3 heteroatoms. The summed E-state index contributed by atoms with van der Waals surface area (Å²) in [6.07, 6.45) is 6.86. The first-order valence-electron chi connectivity index (χ1n) is 4.28. The molecule has 0 unspecified atom stereocenters. The summed E-state index contributed by atoms with van der Waals surface area (Å²) >= 11 is 0. The maximum absolute atomic E-state index is 5.63. The first-order chi connectivity index (χ1) is 6.84. The SMILES string of the molecule is Nc1cccc(/C=C/c2ncco2)c1. The molecule has 0 bridgehead atoms. The van der Waals surface area contributed by atoms with Crippen molar-refractivity contribution in [2.24, 2.45) is 0 Å². The summed E-state index contributed by atoms with van der Waals surface area (Å²) in [6, 6.07) is 7.61. The molecule has 2 rings (SSSR count). The fourth-order valence-corrected chi connectivity index (χ4v) is 1.15. The van der Waals surface area contributed by atoms with Gasteiger partial charge in [0.05, 0.1) is 6.20 Å². The van der Waals surface area contributed by atoms with E-state index in [9.17, 15) is 0 Å². The van der Waals surface area contributed by atoms with Crippen LogP contribution >= 0.6 is 0 Å². The minimum atomic E-state index is 0.590. The van der Waals surface area contributed by atoms with E-state index in [2.05, 4.69) is 4.98 Å². The maximum Gasteiger partial charge on any atom is 0.218 e. The van der Waals surface area contributed by atoms with Gasteiger partial charge in [-0.25, -0.2) is 4.98 Å². The number of aromatic nitrogens is 1. The molecule has 14 heavy (non-hydrogen) atoms. The number of nitrogens with two attached hydrogens (primary N) is 1. The van der Waals surface area contributed by atoms with E-state index in [1.54, 1.807) is 18.5 Å². The molecule has 0 amide bonds. The Balaban J connectivity index is 2.18. The highest BCUT2D eigenvalue weighted by atomic mass is 16.3. The number of anilines is 1. The number of hydrogen-bond acceptors (Lipinski definition) is 3. The van der Waals surface area contributed by atoms with Crippen molar-refractivity contribution in [2.75, 3.05) is 5.73 Å². The summed E-state index contributed by atoms with van der Waals surface area (Å²) in [7, 11) is 0. The van der Waals surface area contributed by atoms with E-state index >= 15 is 0 Å². The van der Waals surface area contributed by atoms with E-state index < -0.39 is 0 Å². The molecule has 1 aromatic carbocycles. The van der Waals surface area contributed by atoms with Crippen LogP contribution in [0, 0.1) is 0 Å². The number of nitrogen functional groups attached to an aromatic ring is 1. The Morgan fingerprint density at radius 2 is 2.21 bits per heavy atom. The van der Waals surface area contributed by atoms with Crippen LogP contribution in [0.5, 0.6) is 0 Å². The molecule has 0 aliphatic rings. The summed E-state index contributed by atoms with van der Waals surface area (Å²) in [5, 5.41) is 0. The third-order valence-electron chi connectivity index (χ3n) is 1.78. The summed E-state index contributed by atoms with van der Waals surface area (Å²) in [6.45, 7) is 0. The summed E-state index contributed by atoms with van der Waals surface area (Å²) in [4.78, 5) is 3.97. The second-order valence-corrected chi connectivity index (χ2v) is 2.87. The van der Waals surface area contributed by atoms with Crippen LogP contribution < -0.4 is 5.73 Å². The topological polar surface area (TPSA) is 52.0 Å². The van der Waals surface area contributed by atoms with E-state index in [4.69, 9.17) is 10.2 Å². The second kappa shape index (κ2) is 3.79. The van der Waals surface area contributed by atoms with Gasteiger partial charge in [0.15, 0.2) is 0 Å². The second-order valence-electron chi connectivity index (χ2n) is 2.87. The van der Waals surface area contributed by atoms with Gasteiger partial charge in [-0.2, -0.15) is 0 Å².